The van der Waals surface area contributed by atoms with Gasteiger partial charge in [-0.15, -0.1) is 0 Å². The third-order valence-corrected chi connectivity index (χ3v) is 6.85. The van der Waals surface area contributed by atoms with E-state index in [2.05, 4.69) is 0 Å². The smallest absolute Gasteiger partial charge is 0.267 e. The summed E-state index contributed by atoms with van der Waals surface area (Å²) < 4.78 is 10.8. The average molecular weight is 441 g/mol. The van der Waals surface area contributed by atoms with Gasteiger partial charge in [-0.3, -0.25) is 9.69 Å². The lowest BCUT2D eigenvalue weighted by Gasteiger charge is -2.30. The molecule has 1 saturated carbocycles. The fourth-order valence-corrected chi connectivity index (χ4v) is 5.28. The molecule has 2 aliphatic heterocycles. The molecule has 1 aliphatic carbocycles. The van der Waals surface area contributed by atoms with E-state index >= 15 is 0 Å². The van der Waals surface area contributed by atoms with E-state index in [1.807, 2.05) is 47.4 Å². The van der Waals surface area contributed by atoms with Crippen molar-refractivity contribution in [1.82, 2.24) is 4.90 Å². The zero-order valence-corrected chi connectivity index (χ0v) is 17.9. The molecule has 1 saturated heterocycles. The highest BCUT2D eigenvalue weighted by Crippen LogP contribution is 2.41. The molecule has 2 aromatic rings. The van der Waals surface area contributed by atoms with E-state index in [1.54, 1.807) is 6.07 Å². The number of benzene rings is 2. The van der Waals surface area contributed by atoms with E-state index in [0.29, 0.717) is 21.4 Å². The number of carbonyl (C=O) groups excluding carboxylic acids is 1. The lowest BCUT2D eigenvalue weighted by atomic mass is 9.94. The highest BCUT2D eigenvalue weighted by atomic mass is 35.5. The number of amides is 1. The van der Waals surface area contributed by atoms with Gasteiger partial charge in [0.25, 0.3) is 5.91 Å². The van der Waals surface area contributed by atoms with Crippen LogP contribution in [-0.2, 0) is 4.79 Å². The summed E-state index contributed by atoms with van der Waals surface area (Å²) >= 11 is 7.85. The van der Waals surface area contributed by atoms with Crippen LogP contribution in [0.3, 0.4) is 0 Å². The van der Waals surface area contributed by atoms with Crippen LogP contribution in [0.2, 0.25) is 5.02 Å². The minimum atomic E-state index is -0.00434. The number of rotatable bonds is 3. The standard InChI is InChI=1S/C23H21ClN2O3S/c24-18-13-20-19(28-14-29-20)11-15(18)12-21-22(27)26(17-9-5-2-6-10-17)23(30-21)25-16-7-3-1-4-8-16/h1,3-4,7-8,11-13,17H,2,5-6,9-10,14H2/b21-12+,25-23?. The summed E-state index contributed by atoms with van der Waals surface area (Å²) in [5.74, 6) is 1.27. The molecule has 30 heavy (non-hydrogen) atoms. The number of amidine groups is 1. The number of thioether (sulfide) groups is 1. The summed E-state index contributed by atoms with van der Waals surface area (Å²) in [7, 11) is 0. The maximum Gasteiger partial charge on any atom is 0.267 e. The Bertz CT molecular complexity index is 1030. The second-order valence-electron chi connectivity index (χ2n) is 7.53. The molecule has 0 radical (unpaired) electrons. The third kappa shape index (κ3) is 3.82. The Morgan fingerprint density at radius 3 is 2.57 bits per heavy atom. The quantitative estimate of drug-likeness (QED) is 0.549. The Labute approximate surface area is 184 Å². The van der Waals surface area contributed by atoms with E-state index in [9.17, 15) is 4.79 Å². The van der Waals surface area contributed by atoms with Crippen LogP contribution in [0, 0.1) is 0 Å². The van der Waals surface area contributed by atoms with Crippen molar-refractivity contribution in [2.24, 2.45) is 4.99 Å². The summed E-state index contributed by atoms with van der Waals surface area (Å²) in [6, 6.07) is 13.5. The van der Waals surface area contributed by atoms with Gasteiger partial charge in [0.1, 0.15) is 0 Å². The fraction of sp³-hybridized carbons (Fsp3) is 0.304. The fourth-order valence-electron chi connectivity index (χ4n) is 4.02. The Morgan fingerprint density at radius 2 is 1.80 bits per heavy atom. The first-order chi connectivity index (χ1) is 14.7. The van der Waals surface area contributed by atoms with Gasteiger partial charge in [0, 0.05) is 12.1 Å². The van der Waals surface area contributed by atoms with Crippen LogP contribution in [0.4, 0.5) is 5.69 Å². The molecule has 0 N–H and O–H groups in total. The number of halogens is 1. The zero-order chi connectivity index (χ0) is 20.5. The van der Waals surface area contributed by atoms with Gasteiger partial charge in [-0.05, 0) is 54.4 Å². The van der Waals surface area contributed by atoms with Crippen molar-refractivity contribution in [2.75, 3.05) is 6.79 Å². The van der Waals surface area contributed by atoms with Crippen LogP contribution >= 0.6 is 23.4 Å². The molecule has 0 bridgehead atoms. The van der Waals surface area contributed by atoms with Gasteiger partial charge in [0.2, 0.25) is 6.79 Å². The predicted molar refractivity (Wildman–Crippen MR) is 120 cm³/mol. The first-order valence-electron chi connectivity index (χ1n) is 10.1. The molecule has 154 valence electrons. The topological polar surface area (TPSA) is 51.1 Å². The highest BCUT2D eigenvalue weighted by molar-refractivity contribution is 8.18. The maximum atomic E-state index is 13.4. The molecule has 2 fully saturated rings. The summed E-state index contributed by atoms with van der Waals surface area (Å²) in [6.07, 6.45) is 7.37. The number of hydrogen-bond acceptors (Lipinski definition) is 5. The summed E-state index contributed by atoms with van der Waals surface area (Å²) in [4.78, 5) is 20.7. The highest BCUT2D eigenvalue weighted by Gasteiger charge is 2.38. The van der Waals surface area contributed by atoms with Gasteiger partial charge in [0.15, 0.2) is 16.7 Å². The Balaban J connectivity index is 1.52. The van der Waals surface area contributed by atoms with Crippen molar-refractivity contribution in [3.8, 4) is 11.5 Å². The van der Waals surface area contributed by atoms with Crippen molar-refractivity contribution >= 4 is 46.2 Å². The monoisotopic (exact) mass is 440 g/mol. The molecule has 0 spiro atoms. The Hall–Kier alpha value is -2.44. The second-order valence-corrected chi connectivity index (χ2v) is 8.95. The summed E-state index contributed by atoms with van der Waals surface area (Å²) in [6.45, 7) is 0.183. The van der Waals surface area contributed by atoms with E-state index in [0.717, 1.165) is 42.1 Å². The van der Waals surface area contributed by atoms with Gasteiger partial charge < -0.3 is 9.47 Å². The number of aliphatic imine (C=N–C) groups is 1. The minimum absolute atomic E-state index is 0.00434. The summed E-state index contributed by atoms with van der Waals surface area (Å²) in [5, 5.41) is 1.26. The van der Waals surface area contributed by atoms with Crippen LogP contribution < -0.4 is 9.47 Å². The van der Waals surface area contributed by atoms with Gasteiger partial charge >= 0.3 is 0 Å². The van der Waals surface area contributed by atoms with Crippen LogP contribution in [0.15, 0.2) is 52.4 Å². The maximum absolute atomic E-state index is 13.4. The molecular weight excluding hydrogens is 420 g/mol. The third-order valence-electron chi connectivity index (χ3n) is 5.54. The molecule has 7 heteroatoms. The predicted octanol–water partition coefficient (Wildman–Crippen LogP) is 6.01. The molecule has 5 rings (SSSR count). The molecule has 2 heterocycles. The molecule has 0 unspecified atom stereocenters. The largest absolute Gasteiger partial charge is 0.454 e. The molecule has 2 aromatic carbocycles. The second kappa shape index (κ2) is 8.36. The first kappa shape index (κ1) is 19.5. The lowest BCUT2D eigenvalue weighted by molar-refractivity contribution is -0.124. The van der Waals surface area contributed by atoms with Crippen LogP contribution in [0.5, 0.6) is 11.5 Å². The van der Waals surface area contributed by atoms with Crippen molar-refractivity contribution in [2.45, 2.75) is 38.1 Å². The molecule has 3 aliphatic rings. The summed E-state index contributed by atoms with van der Waals surface area (Å²) in [5.41, 5.74) is 1.58. The normalized spacial score (nSPS) is 21.8. The Morgan fingerprint density at radius 1 is 1.07 bits per heavy atom. The van der Waals surface area contributed by atoms with E-state index in [1.165, 1.54) is 18.2 Å². The van der Waals surface area contributed by atoms with E-state index < -0.39 is 0 Å². The van der Waals surface area contributed by atoms with Gasteiger partial charge in [-0.25, -0.2) is 4.99 Å². The molecule has 1 amide bonds. The zero-order valence-electron chi connectivity index (χ0n) is 16.3. The number of ether oxygens (including phenoxy) is 2. The van der Waals surface area contributed by atoms with Crippen molar-refractivity contribution in [3.05, 3.63) is 58.0 Å². The number of para-hydroxylation sites is 1. The Kier molecular flexibility index (Phi) is 5.44. The minimum Gasteiger partial charge on any atom is -0.454 e. The molecular formula is C23H21ClN2O3S. The van der Waals surface area contributed by atoms with Crippen molar-refractivity contribution < 1.29 is 14.3 Å². The van der Waals surface area contributed by atoms with E-state index in [-0.39, 0.29) is 18.7 Å². The number of fused-ring (bicyclic) bond motifs is 1. The SMILES string of the molecule is O=C1/C(=C\c2cc3c(cc2Cl)OCO3)SC(=Nc2ccccc2)N1C1CCCCC1. The van der Waals surface area contributed by atoms with Gasteiger partial charge in [-0.2, -0.15) is 0 Å². The van der Waals surface area contributed by atoms with Crippen LogP contribution in [0.1, 0.15) is 37.7 Å². The first-order valence-corrected chi connectivity index (χ1v) is 11.3. The van der Waals surface area contributed by atoms with Crippen molar-refractivity contribution in [1.29, 1.82) is 0 Å². The average Bonchev–Trinajstić information content (AvgIpc) is 3.33. The van der Waals surface area contributed by atoms with Crippen molar-refractivity contribution in [3.63, 3.8) is 0 Å². The number of hydrogen-bond donors (Lipinski definition) is 0. The van der Waals surface area contributed by atoms with Gasteiger partial charge in [-0.1, -0.05) is 49.1 Å². The molecule has 0 atom stereocenters. The molecule has 5 nitrogen and oxygen atoms in total. The van der Waals surface area contributed by atoms with Crippen LogP contribution in [-0.4, -0.2) is 28.8 Å². The van der Waals surface area contributed by atoms with Gasteiger partial charge in [0.05, 0.1) is 15.6 Å². The number of nitrogens with zero attached hydrogens (tertiary/aromatic N) is 2. The van der Waals surface area contributed by atoms with Crippen LogP contribution in [0.25, 0.3) is 6.08 Å². The molecule has 0 aromatic heterocycles. The lowest BCUT2D eigenvalue weighted by Crippen LogP contribution is -2.40. The van der Waals surface area contributed by atoms with E-state index in [4.69, 9.17) is 26.1 Å². The number of carbonyl (C=O) groups is 1.